The van der Waals surface area contributed by atoms with Gasteiger partial charge in [-0.1, -0.05) is 23.4 Å². The van der Waals surface area contributed by atoms with Gasteiger partial charge in [0.1, 0.15) is 0 Å². The average molecular weight is 391 g/mol. The molecular formula is C22H21N3O4. The summed E-state index contributed by atoms with van der Waals surface area (Å²) in [6.45, 7) is 3.24. The van der Waals surface area contributed by atoms with Crippen LogP contribution in [0, 0.1) is 6.92 Å². The quantitative estimate of drug-likeness (QED) is 0.451. The highest BCUT2D eigenvalue weighted by Gasteiger charge is 2.15. The van der Waals surface area contributed by atoms with Gasteiger partial charge in [0, 0.05) is 18.1 Å². The number of rotatable bonds is 7. The summed E-state index contributed by atoms with van der Waals surface area (Å²) in [6.07, 6.45) is 3.20. The molecule has 2 aromatic carbocycles. The smallest absolute Gasteiger partial charge is 0.185 e. The van der Waals surface area contributed by atoms with Crippen LogP contribution in [0.3, 0.4) is 0 Å². The summed E-state index contributed by atoms with van der Waals surface area (Å²) in [5.74, 6) is 0.717. The first-order valence-electron chi connectivity index (χ1n) is 8.93. The molecule has 29 heavy (non-hydrogen) atoms. The first kappa shape index (κ1) is 20.0. The Morgan fingerprint density at radius 1 is 1.03 bits per heavy atom. The normalized spacial score (nSPS) is 10.9. The van der Waals surface area contributed by atoms with Crippen molar-refractivity contribution in [1.82, 2.24) is 15.0 Å². The molecule has 0 unspecified atom stereocenters. The van der Waals surface area contributed by atoms with Gasteiger partial charge in [-0.3, -0.25) is 9.59 Å². The van der Waals surface area contributed by atoms with Crippen LogP contribution in [0.2, 0.25) is 0 Å². The number of methoxy groups -OCH3 is 2. The molecule has 0 spiro atoms. The Balaban J connectivity index is 1.93. The summed E-state index contributed by atoms with van der Waals surface area (Å²) in [4.78, 5) is 24.3. The molecule has 0 bridgehead atoms. The van der Waals surface area contributed by atoms with Gasteiger partial charge in [0.15, 0.2) is 28.8 Å². The van der Waals surface area contributed by atoms with Gasteiger partial charge in [0.2, 0.25) is 0 Å². The molecule has 0 aliphatic heterocycles. The Morgan fingerprint density at radius 3 is 2.41 bits per heavy atom. The monoisotopic (exact) mass is 391 g/mol. The van der Waals surface area contributed by atoms with Crippen molar-refractivity contribution >= 4 is 17.6 Å². The SMILES string of the molecule is COc1ccc(C(=O)/C=C/c2ccccc2-n2nnc(C(C)=O)c2C)cc1OC. The van der Waals surface area contributed by atoms with Crippen molar-refractivity contribution in [2.24, 2.45) is 0 Å². The molecule has 0 saturated heterocycles. The fraction of sp³-hybridized carbons (Fsp3) is 0.182. The van der Waals surface area contributed by atoms with Gasteiger partial charge in [0.25, 0.3) is 0 Å². The van der Waals surface area contributed by atoms with Crippen molar-refractivity contribution < 1.29 is 19.1 Å². The molecule has 0 atom stereocenters. The molecule has 0 radical (unpaired) electrons. The lowest BCUT2D eigenvalue weighted by Crippen LogP contribution is -2.03. The van der Waals surface area contributed by atoms with Crippen LogP contribution in [0.25, 0.3) is 11.8 Å². The number of carbonyl (C=O) groups excluding carboxylic acids is 2. The van der Waals surface area contributed by atoms with E-state index in [2.05, 4.69) is 10.3 Å². The van der Waals surface area contributed by atoms with Crippen molar-refractivity contribution in [1.29, 1.82) is 0 Å². The zero-order valence-corrected chi connectivity index (χ0v) is 16.7. The fourth-order valence-corrected chi connectivity index (χ4v) is 2.96. The van der Waals surface area contributed by atoms with Gasteiger partial charge in [-0.25, -0.2) is 4.68 Å². The van der Waals surface area contributed by atoms with E-state index in [0.29, 0.717) is 28.5 Å². The molecule has 0 aliphatic rings. The van der Waals surface area contributed by atoms with Gasteiger partial charge in [-0.15, -0.1) is 5.10 Å². The van der Waals surface area contributed by atoms with Gasteiger partial charge in [0.05, 0.1) is 25.6 Å². The largest absolute Gasteiger partial charge is 0.493 e. The zero-order valence-electron chi connectivity index (χ0n) is 16.7. The van der Waals surface area contributed by atoms with Crippen molar-refractivity contribution in [2.75, 3.05) is 14.2 Å². The number of Topliss-reactive ketones (excluding diaryl/α,β-unsaturated/α-hetero) is 1. The third-order valence-electron chi connectivity index (χ3n) is 4.48. The molecule has 1 aromatic heterocycles. The Morgan fingerprint density at radius 2 is 1.76 bits per heavy atom. The van der Waals surface area contributed by atoms with E-state index in [9.17, 15) is 9.59 Å². The first-order valence-corrected chi connectivity index (χ1v) is 8.93. The molecule has 7 nitrogen and oxygen atoms in total. The molecule has 3 rings (SSSR count). The maximum Gasteiger partial charge on any atom is 0.185 e. The highest BCUT2D eigenvalue weighted by atomic mass is 16.5. The highest BCUT2D eigenvalue weighted by Crippen LogP contribution is 2.28. The molecule has 148 valence electrons. The topological polar surface area (TPSA) is 83.3 Å². The van der Waals surface area contributed by atoms with E-state index < -0.39 is 0 Å². The lowest BCUT2D eigenvalue weighted by Gasteiger charge is -2.08. The van der Waals surface area contributed by atoms with Crippen LogP contribution in [0.4, 0.5) is 0 Å². The second-order valence-corrected chi connectivity index (χ2v) is 6.32. The van der Waals surface area contributed by atoms with E-state index in [1.54, 1.807) is 43.0 Å². The third kappa shape index (κ3) is 4.08. The number of hydrogen-bond donors (Lipinski definition) is 0. The van der Waals surface area contributed by atoms with Crippen LogP contribution in [-0.2, 0) is 0 Å². The number of aromatic nitrogens is 3. The van der Waals surface area contributed by atoms with Crippen molar-refractivity contribution in [2.45, 2.75) is 13.8 Å². The van der Waals surface area contributed by atoms with E-state index in [1.807, 2.05) is 24.3 Å². The average Bonchev–Trinajstić information content (AvgIpc) is 3.13. The van der Waals surface area contributed by atoms with Crippen molar-refractivity contribution in [3.63, 3.8) is 0 Å². The number of ether oxygens (including phenoxy) is 2. The molecular weight excluding hydrogens is 370 g/mol. The predicted molar refractivity (Wildman–Crippen MR) is 109 cm³/mol. The maximum absolute atomic E-state index is 12.6. The van der Waals surface area contributed by atoms with Crippen LogP contribution in [0.1, 0.15) is 39.0 Å². The Kier molecular flexibility index (Phi) is 5.87. The van der Waals surface area contributed by atoms with Crippen LogP contribution in [0.5, 0.6) is 11.5 Å². The summed E-state index contributed by atoms with van der Waals surface area (Å²) in [5, 5.41) is 8.05. The zero-order chi connectivity index (χ0) is 21.0. The number of carbonyl (C=O) groups is 2. The van der Waals surface area contributed by atoms with E-state index in [1.165, 1.54) is 20.1 Å². The molecule has 0 aliphatic carbocycles. The lowest BCUT2D eigenvalue weighted by molar-refractivity contribution is 0.101. The maximum atomic E-state index is 12.6. The molecule has 1 heterocycles. The number of benzene rings is 2. The summed E-state index contributed by atoms with van der Waals surface area (Å²) < 4.78 is 12.0. The number of para-hydroxylation sites is 1. The molecule has 0 amide bonds. The van der Waals surface area contributed by atoms with Crippen molar-refractivity contribution in [3.8, 4) is 17.2 Å². The lowest BCUT2D eigenvalue weighted by atomic mass is 10.1. The minimum atomic E-state index is -0.180. The molecule has 0 saturated carbocycles. The summed E-state index contributed by atoms with van der Waals surface area (Å²) in [7, 11) is 3.06. The van der Waals surface area contributed by atoms with Crippen LogP contribution >= 0.6 is 0 Å². The number of ketones is 2. The number of allylic oxidation sites excluding steroid dienone is 1. The number of nitrogens with zero attached hydrogens (tertiary/aromatic N) is 3. The summed E-state index contributed by atoms with van der Waals surface area (Å²) in [6, 6.07) is 12.4. The first-order chi connectivity index (χ1) is 14.0. The van der Waals surface area contributed by atoms with Crippen LogP contribution in [0.15, 0.2) is 48.5 Å². The summed E-state index contributed by atoms with van der Waals surface area (Å²) >= 11 is 0. The fourth-order valence-electron chi connectivity index (χ4n) is 2.96. The molecule has 0 N–H and O–H groups in total. The minimum Gasteiger partial charge on any atom is -0.493 e. The van der Waals surface area contributed by atoms with E-state index >= 15 is 0 Å². The van der Waals surface area contributed by atoms with Gasteiger partial charge < -0.3 is 9.47 Å². The van der Waals surface area contributed by atoms with E-state index in [-0.39, 0.29) is 11.6 Å². The highest BCUT2D eigenvalue weighted by molar-refractivity contribution is 6.07. The van der Waals surface area contributed by atoms with E-state index in [4.69, 9.17) is 9.47 Å². The molecule has 3 aromatic rings. The Hall–Kier alpha value is -3.74. The minimum absolute atomic E-state index is 0.148. The second-order valence-electron chi connectivity index (χ2n) is 6.32. The predicted octanol–water partition coefficient (Wildman–Crippen LogP) is 3.69. The Labute approximate surface area is 168 Å². The third-order valence-corrected chi connectivity index (χ3v) is 4.48. The molecule has 0 fully saturated rings. The van der Waals surface area contributed by atoms with Gasteiger partial charge in [-0.2, -0.15) is 0 Å². The number of hydrogen-bond acceptors (Lipinski definition) is 6. The Bertz CT molecular complexity index is 1100. The second kappa shape index (κ2) is 8.52. The van der Waals surface area contributed by atoms with E-state index in [0.717, 1.165) is 11.3 Å². The van der Waals surface area contributed by atoms with Gasteiger partial charge in [-0.05, 0) is 43.3 Å². The van der Waals surface area contributed by atoms with Gasteiger partial charge >= 0.3 is 0 Å². The van der Waals surface area contributed by atoms with Crippen LogP contribution in [-0.4, -0.2) is 40.8 Å². The van der Waals surface area contributed by atoms with Crippen molar-refractivity contribution in [3.05, 3.63) is 71.1 Å². The van der Waals surface area contributed by atoms with Crippen LogP contribution < -0.4 is 9.47 Å². The molecule has 7 heteroatoms. The standard InChI is InChI=1S/C22H21N3O4/c1-14-22(15(2)26)23-24-25(14)18-8-6-5-7-16(18)9-11-19(27)17-10-12-20(28-3)21(13-17)29-4/h5-13H,1-4H3/b11-9+. The summed E-state index contributed by atoms with van der Waals surface area (Å²) in [5.41, 5.74) is 2.94.